The first-order valence-corrected chi connectivity index (χ1v) is 4.86. The Balaban J connectivity index is 2.21. The van der Waals surface area contributed by atoms with E-state index in [0.717, 1.165) is 18.5 Å². The number of hydrogen-bond donors (Lipinski definition) is 1. The molecule has 0 amide bonds. The third-order valence-electron chi connectivity index (χ3n) is 2.63. The van der Waals surface area contributed by atoms with Crippen molar-refractivity contribution in [1.82, 2.24) is 14.4 Å². The predicted molar refractivity (Wildman–Crippen MR) is 53.1 cm³/mol. The van der Waals surface area contributed by atoms with E-state index in [0.29, 0.717) is 10.9 Å². The molecule has 1 saturated carbocycles. The molecule has 0 aromatic carbocycles. The second kappa shape index (κ2) is 2.46. The van der Waals surface area contributed by atoms with Crippen molar-refractivity contribution in [3.8, 4) is 0 Å². The smallest absolute Gasteiger partial charge is 0.235 e. The number of imidazole rings is 1. The SMILES string of the molecule is NC1(c2ccn3c(Cl)cnc3n2)CC1. The molecule has 2 heterocycles. The lowest BCUT2D eigenvalue weighted by Gasteiger charge is -2.07. The largest absolute Gasteiger partial charge is 0.320 e. The molecule has 0 bridgehead atoms. The monoisotopic (exact) mass is 208 g/mol. The molecule has 5 heteroatoms. The summed E-state index contributed by atoms with van der Waals surface area (Å²) in [4.78, 5) is 8.46. The zero-order valence-corrected chi connectivity index (χ0v) is 8.20. The Kier molecular flexibility index (Phi) is 1.44. The van der Waals surface area contributed by atoms with Crippen LogP contribution in [0.3, 0.4) is 0 Å². The molecule has 1 aliphatic carbocycles. The van der Waals surface area contributed by atoms with Gasteiger partial charge in [-0.1, -0.05) is 11.6 Å². The molecule has 2 N–H and O–H groups in total. The van der Waals surface area contributed by atoms with E-state index in [4.69, 9.17) is 17.3 Å². The fraction of sp³-hybridized carbons (Fsp3) is 0.333. The first-order valence-electron chi connectivity index (χ1n) is 4.48. The molecule has 4 nitrogen and oxygen atoms in total. The van der Waals surface area contributed by atoms with E-state index in [2.05, 4.69) is 9.97 Å². The Morgan fingerprint density at radius 3 is 3.00 bits per heavy atom. The predicted octanol–water partition coefficient (Wildman–Crippen LogP) is 1.33. The number of rotatable bonds is 1. The number of halogens is 1. The Labute approximate surface area is 85.7 Å². The summed E-state index contributed by atoms with van der Waals surface area (Å²) in [6.07, 6.45) is 5.46. The second-order valence-corrected chi connectivity index (χ2v) is 4.11. The van der Waals surface area contributed by atoms with Crippen molar-refractivity contribution in [2.75, 3.05) is 0 Å². The van der Waals surface area contributed by atoms with Crippen LogP contribution in [0.25, 0.3) is 5.78 Å². The summed E-state index contributed by atoms with van der Waals surface area (Å²) in [5, 5.41) is 0.570. The summed E-state index contributed by atoms with van der Waals surface area (Å²) in [6.45, 7) is 0. The van der Waals surface area contributed by atoms with Gasteiger partial charge >= 0.3 is 0 Å². The molecular formula is C9H9ClN4. The third-order valence-corrected chi connectivity index (χ3v) is 2.91. The molecule has 1 fully saturated rings. The van der Waals surface area contributed by atoms with E-state index in [1.54, 1.807) is 10.6 Å². The van der Waals surface area contributed by atoms with Gasteiger partial charge in [0, 0.05) is 6.20 Å². The lowest BCUT2D eigenvalue weighted by atomic mass is 10.2. The van der Waals surface area contributed by atoms with Crippen LogP contribution in [-0.2, 0) is 5.54 Å². The normalized spacial score (nSPS) is 18.7. The number of nitrogens with zero attached hydrogens (tertiary/aromatic N) is 3. The van der Waals surface area contributed by atoms with Gasteiger partial charge < -0.3 is 5.73 Å². The van der Waals surface area contributed by atoms with Crippen molar-refractivity contribution in [2.24, 2.45) is 5.73 Å². The van der Waals surface area contributed by atoms with Gasteiger partial charge in [-0.3, -0.25) is 4.40 Å². The molecule has 14 heavy (non-hydrogen) atoms. The van der Waals surface area contributed by atoms with Gasteiger partial charge in [0.2, 0.25) is 5.78 Å². The lowest BCUT2D eigenvalue weighted by molar-refractivity contribution is 0.706. The van der Waals surface area contributed by atoms with Gasteiger partial charge in [0.05, 0.1) is 17.4 Å². The van der Waals surface area contributed by atoms with E-state index in [9.17, 15) is 0 Å². The Bertz CT molecular complexity index is 500. The van der Waals surface area contributed by atoms with Crippen LogP contribution in [0.5, 0.6) is 0 Å². The highest BCUT2D eigenvalue weighted by Gasteiger charge is 2.41. The van der Waals surface area contributed by atoms with Crippen LogP contribution in [0.1, 0.15) is 18.5 Å². The summed E-state index contributed by atoms with van der Waals surface area (Å²) in [5.74, 6) is 0.615. The molecule has 0 atom stereocenters. The van der Waals surface area contributed by atoms with Gasteiger partial charge in [0.1, 0.15) is 5.15 Å². The molecule has 0 aliphatic heterocycles. The molecule has 0 saturated heterocycles. The summed E-state index contributed by atoms with van der Waals surface area (Å²) in [7, 11) is 0. The van der Waals surface area contributed by atoms with Crippen molar-refractivity contribution in [1.29, 1.82) is 0 Å². The minimum absolute atomic E-state index is 0.208. The van der Waals surface area contributed by atoms with Crippen LogP contribution in [0.15, 0.2) is 18.5 Å². The minimum Gasteiger partial charge on any atom is -0.320 e. The van der Waals surface area contributed by atoms with Crippen LogP contribution < -0.4 is 5.73 Å². The summed E-state index contributed by atoms with van der Waals surface area (Å²) in [5.41, 5.74) is 6.73. The van der Waals surface area contributed by atoms with Crippen LogP contribution in [0.2, 0.25) is 5.15 Å². The first kappa shape index (κ1) is 8.20. The molecule has 0 radical (unpaired) electrons. The Hall–Kier alpha value is -1.13. The van der Waals surface area contributed by atoms with Crippen LogP contribution in [-0.4, -0.2) is 14.4 Å². The molecule has 72 valence electrons. The average Bonchev–Trinajstić information content (AvgIpc) is 2.84. The number of fused-ring (bicyclic) bond motifs is 1. The number of aromatic nitrogens is 3. The fourth-order valence-electron chi connectivity index (χ4n) is 1.51. The maximum atomic E-state index is 6.03. The lowest BCUT2D eigenvalue weighted by Crippen LogP contribution is -2.20. The van der Waals surface area contributed by atoms with E-state index in [1.165, 1.54) is 0 Å². The summed E-state index contributed by atoms with van der Waals surface area (Å²) < 4.78 is 1.73. The van der Waals surface area contributed by atoms with Gasteiger partial charge in [-0.25, -0.2) is 9.97 Å². The third kappa shape index (κ3) is 1.04. The fourth-order valence-corrected chi connectivity index (χ4v) is 1.69. The molecule has 0 spiro atoms. The van der Waals surface area contributed by atoms with E-state index >= 15 is 0 Å². The average molecular weight is 209 g/mol. The van der Waals surface area contributed by atoms with E-state index < -0.39 is 0 Å². The summed E-state index contributed by atoms with van der Waals surface area (Å²) in [6, 6.07) is 1.91. The topological polar surface area (TPSA) is 56.2 Å². The first-order chi connectivity index (χ1) is 6.69. The van der Waals surface area contributed by atoms with Gasteiger partial charge in [-0.15, -0.1) is 0 Å². The highest BCUT2D eigenvalue weighted by molar-refractivity contribution is 6.29. The molecule has 0 unspecified atom stereocenters. The zero-order chi connectivity index (χ0) is 9.76. The quantitative estimate of drug-likeness (QED) is 0.769. The highest BCUT2D eigenvalue weighted by atomic mass is 35.5. The standard InChI is InChI=1S/C9H9ClN4/c10-7-5-12-8-13-6(1-4-14(7)8)9(11)2-3-9/h1,4-5H,2-3,11H2. The summed E-state index contributed by atoms with van der Waals surface area (Å²) >= 11 is 5.88. The number of hydrogen-bond acceptors (Lipinski definition) is 3. The van der Waals surface area contributed by atoms with Crippen molar-refractivity contribution >= 4 is 17.4 Å². The van der Waals surface area contributed by atoms with Crippen molar-refractivity contribution < 1.29 is 0 Å². The molecule has 2 aromatic rings. The van der Waals surface area contributed by atoms with Crippen molar-refractivity contribution in [2.45, 2.75) is 18.4 Å². The van der Waals surface area contributed by atoms with Crippen molar-refractivity contribution in [3.05, 3.63) is 29.3 Å². The van der Waals surface area contributed by atoms with Crippen LogP contribution in [0, 0.1) is 0 Å². The molecular weight excluding hydrogens is 200 g/mol. The number of nitrogens with two attached hydrogens (primary N) is 1. The van der Waals surface area contributed by atoms with Gasteiger partial charge in [0.15, 0.2) is 0 Å². The Morgan fingerprint density at radius 2 is 2.29 bits per heavy atom. The second-order valence-electron chi connectivity index (χ2n) is 3.72. The molecule has 3 rings (SSSR count). The molecule has 1 aliphatic rings. The highest BCUT2D eigenvalue weighted by Crippen LogP contribution is 2.41. The zero-order valence-electron chi connectivity index (χ0n) is 7.44. The van der Waals surface area contributed by atoms with Gasteiger partial charge in [0.25, 0.3) is 0 Å². The maximum Gasteiger partial charge on any atom is 0.235 e. The minimum atomic E-state index is -0.208. The Morgan fingerprint density at radius 1 is 1.50 bits per heavy atom. The van der Waals surface area contributed by atoms with E-state index in [1.807, 2.05) is 12.3 Å². The van der Waals surface area contributed by atoms with Gasteiger partial charge in [-0.05, 0) is 18.9 Å². The van der Waals surface area contributed by atoms with E-state index in [-0.39, 0.29) is 5.54 Å². The van der Waals surface area contributed by atoms with Gasteiger partial charge in [-0.2, -0.15) is 0 Å². The molecule has 2 aromatic heterocycles. The van der Waals surface area contributed by atoms with Crippen LogP contribution in [0.4, 0.5) is 0 Å². The maximum absolute atomic E-state index is 6.03. The van der Waals surface area contributed by atoms with Crippen molar-refractivity contribution in [3.63, 3.8) is 0 Å². The van der Waals surface area contributed by atoms with Crippen LogP contribution >= 0.6 is 11.6 Å².